The molecule has 0 aliphatic rings. The molecule has 0 amide bonds. The second-order valence-electron chi connectivity index (χ2n) is 5.37. The van der Waals surface area contributed by atoms with Crippen LogP contribution in [0.1, 0.15) is 32.8 Å². The lowest BCUT2D eigenvalue weighted by atomic mass is 9.92. The highest BCUT2D eigenvalue weighted by molar-refractivity contribution is 5.29. The fourth-order valence-corrected chi connectivity index (χ4v) is 2.06. The van der Waals surface area contributed by atoms with Gasteiger partial charge in [-0.2, -0.15) is 0 Å². The molecule has 1 aromatic rings. The topological polar surface area (TPSA) is 30.5 Å². The van der Waals surface area contributed by atoms with Crippen LogP contribution >= 0.6 is 0 Å². The smallest absolute Gasteiger partial charge is 0.119 e. The molecule has 108 valence electrons. The Hall–Kier alpha value is -1.06. The first kappa shape index (κ1) is 16.0. The summed E-state index contributed by atoms with van der Waals surface area (Å²) in [6.45, 7) is 7.43. The van der Waals surface area contributed by atoms with E-state index in [0.29, 0.717) is 0 Å². The van der Waals surface area contributed by atoms with E-state index in [4.69, 9.17) is 9.47 Å². The molecule has 0 saturated carbocycles. The normalized spacial score (nSPS) is 13.3. The SMILES string of the molecule is CCCNC(Cc1cccc(OC)c1)C(C)(C)OC. The highest BCUT2D eigenvalue weighted by Crippen LogP contribution is 2.20. The lowest BCUT2D eigenvalue weighted by molar-refractivity contribution is -0.00998. The first-order valence-electron chi connectivity index (χ1n) is 6.95. The van der Waals surface area contributed by atoms with Crippen molar-refractivity contribution in [2.45, 2.75) is 45.3 Å². The van der Waals surface area contributed by atoms with E-state index in [0.717, 1.165) is 25.1 Å². The van der Waals surface area contributed by atoms with Gasteiger partial charge in [-0.25, -0.2) is 0 Å². The fraction of sp³-hybridized carbons (Fsp3) is 0.625. The minimum absolute atomic E-state index is 0.196. The van der Waals surface area contributed by atoms with E-state index in [-0.39, 0.29) is 11.6 Å². The average Bonchev–Trinajstić information content (AvgIpc) is 2.43. The summed E-state index contributed by atoms with van der Waals surface area (Å²) < 4.78 is 10.9. The number of nitrogens with one attached hydrogen (secondary N) is 1. The molecule has 1 unspecified atom stereocenters. The number of ether oxygens (including phenoxy) is 2. The van der Waals surface area contributed by atoms with Gasteiger partial charge < -0.3 is 14.8 Å². The summed E-state index contributed by atoms with van der Waals surface area (Å²) in [7, 11) is 3.47. The zero-order valence-electron chi connectivity index (χ0n) is 12.8. The molecular formula is C16H27NO2. The molecule has 19 heavy (non-hydrogen) atoms. The molecule has 1 rings (SSSR count). The van der Waals surface area contributed by atoms with Crippen LogP contribution in [0.25, 0.3) is 0 Å². The van der Waals surface area contributed by atoms with Crippen molar-refractivity contribution in [2.75, 3.05) is 20.8 Å². The van der Waals surface area contributed by atoms with Crippen LogP contribution in [-0.4, -0.2) is 32.4 Å². The zero-order valence-corrected chi connectivity index (χ0v) is 12.8. The van der Waals surface area contributed by atoms with Crippen molar-refractivity contribution in [2.24, 2.45) is 0 Å². The Morgan fingerprint density at radius 2 is 2.00 bits per heavy atom. The Morgan fingerprint density at radius 1 is 1.26 bits per heavy atom. The van der Waals surface area contributed by atoms with Crippen molar-refractivity contribution in [1.29, 1.82) is 0 Å². The number of hydrogen-bond acceptors (Lipinski definition) is 3. The quantitative estimate of drug-likeness (QED) is 0.783. The van der Waals surface area contributed by atoms with Crippen molar-refractivity contribution in [3.05, 3.63) is 29.8 Å². The van der Waals surface area contributed by atoms with Crippen molar-refractivity contribution in [1.82, 2.24) is 5.32 Å². The molecule has 1 N–H and O–H groups in total. The maximum Gasteiger partial charge on any atom is 0.119 e. The van der Waals surface area contributed by atoms with Gasteiger partial charge in [-0.05, 0) is 50.9 Å². The van der Waals surface area contributed by atoms with Crippen molar-refractivity contribution < 1.29 is 9.47 Å². The molecule has 3 heteroatoms. The molecule has 0 saturated heterocycles. The molecule has 3 nitrogen and oxygen atoms in total. The van der Waals surface area contributed by atoms with Crippen LogP contribution < -0.4 is 10.1 Å². The lowest BCUT2D eigenvalue weighted by Gasteiger charge is -2.34. The summed E-state index contributed by atoms with van der Waals surface area (Å²) in [5.74, 6) is 0.905. The van der Waals surface area contributed by atoms with E-state index in [1.807, 2.05) is 12.1 Å². The van der Waals surface area contributed by atoms with Gasteiger partial charge in [0.25, 0.3) is 0 Å². The highest BCUT2D eigenvalue weighted by Gasteiger charge is 2.28. The lowest BCUT2D eigenvalue weighted by Crippen LogP contribution is -2.49. The van der Waals surface area contributed by atoms with Gasteiger partial charge >= 0.3 is 0 Å². The predicted molar refractivity (Wildman–Crippen MR) is 79.9 cm³/mol. The first-order chi connectivity index (χ1) is 9.03. The molecule has 0 aliphatic carbocycles. The summed E-state index contributed by atoms with van der Waals surface area (Å²) in [5, 5.41) is 3.58. The number of benzene rings is 1. The molecule has 0 radical (unpaired) electrons. The third kappa shape index (κ3) is 4.84. The Balaban J connectivity index is 2.80. The van der Waals surface area contributed by atoms with Crippen LogP contribution in [0.15, 0.2) is 24.3 Å². The number of hydrogen-bond donors (Lipinski definition) is 1. The van der Waals surface area contributed by atoms with Crippen LogP contribution in [0.2, 0.25) is 0 Å². The summed E-state index contributed by atoms with van der Waals surface area (Å²) in [4.78, 5) is 0. The van der Waals surface area contributed by atoms with E-state index in [1.54, 1.807) is 14.2 Å². The Labute approximate surface area is 117 Å². The third-order valence-corrected chi connectivity index (χ3v) is 3.58. The van der Waals surface area contributed by atoms with Crippen molar-refractivity contribution >= 4 is 0 Å². The van der Waals surface area contributed by atoms with Gasteiger partial charge in [0.1, 0.15) is 5.75 Å². The molecule has 0 heterocycles. The summed E-state index contributed by atoms with van der Waals surface area (Å²) in [6.07, 6.45) is 2.05. The Morgan fingerprint density at radius 3 is 2.58 bits per heavy atom. The van der Waals surface area contributed by atoms with Gasteiger partial charge in [-0.1, -0.05) is 19.1 Å². The molecule has 0 aliphatic heterocycles. The van der Waals surface area contributed by atoms with Gasteiger partial charge in [0.15, 0.2) is 0 Å². The zero-order chi connectivity index (χ0) is 14.3. The van der Waals surface area contributed by atoms with Crippen LogP contribution in [-0.2, 0) is 11.2 Å². The van der Waals surface area contributed by atoms with Crippen LogP contribution in [0, 0.1) is 0 Å². The largest absolute Gasteiger partial charge is 0.497 e. The molecular weight excluding hydrogens is 238 g/mol. The molecule has 0 spiro atoms. The molecule has 1 atom stereocenters. The van der Waals surface area contributed by atoms with Crippen LogP contribution in [0.5, 0.6) is 5.75 Å². The number of methoxy groups -OCH3 is 2. The van der Waals surface area contributed by atoms with Gasteiger partial charge in [-0.15, -0.1) is 0 Å². The second-order valence-corrected chi connectivity index (χ2v) is 5.37. The van der Waals surface area contributed by atoms with Crippen molar-refractivity contribution in [3.63, 3.8) is 0 Å². The van der Waals surface area contributed by atoms with Gasteiger partial charge in [0, 0.05) is 13.2 Å². The summed E-state index contributed by atoms with van der Waals surface area (Å²) >= 11 is 0. The van der Waals surface area contributed by atoms with Crippen molar-refractivity contribution in [3.8, 4) is 5.75 Å². The predicted octanol–water partition coefficient (Wildman–Crippen LogP) is 3.03. The third-order valence-electron chi connectivity index (χ3n) is 3.58. The molecule has 1 aromatic carbocycles. The van der Waals surface area contributed by atoms with E-state index in [2.05, 4.69) is 38.2 Å². The minimum atomic E-state index is -0.196. The monoisotopic (exact) mass is 265 g/mol. The van der Waals surface area contributed by atoms with Gasteiger partial charge in [0.05, 0.1) is 12.7 Å². The molecule has 0 aromatic heterocycles. The maximum atomic E-state index is 5.63. The van der Waals surface area contributed by atoms with E-state index in [9.17, 15) is 0 Å². The standard InChI is InChI=1S/C16H27NO2/c1-6-10-17-15(16(2,3)19-5)12-13-8-7-9-14(11-13)18-4/h7-9,11,15,17H,6,10,12H2,1-5H3. The van der Waals surface area contributed by atoms with E-state index < -0.39 is 0 Å². The fourth-order valence-electron chi connectivity index (χ4n) is 2.06. The van der Waals surface area contributed by atoms with Crippen LogP contribution in [0.3, 0.4) is 0 Å². The maximum absolute atomic E-state index is 5.63. The number of rotatable bonds is 8. The average molecular weight is 265 g/mol. The van der Waals surface area contributed by atoms with E-state index in [1.165, 1.54) is 5.56 Å². The first-order valence-corrected chi connectivity index (χ1v) is 6.95. The highest BCUT2D eigenvalue weighted by atomic mass is 16.5. The Bertz CT molecular complexity index is 377. The summed E-state index contributed by atoms with van der Waals surface area (Å²) in [5.41, 5.74) is 1.07. The van der Waals surface area contributed by atoms with E-state index >= 15 is 0 Å². The van der Waals surface area contributed by atoms with Gasteiger partial charge in [-0.3, -0.25) is 0 Å². The second kappa shape index (κ2) is 7.51. The molecule has 0 bridgehead atoms. The van der Waals surface area contributed by atoms with Crippen LogP contribution in [0.4, 0.5) is 0 Å². The minimum Gasteiger partial charge on any atom is -0.497 e. The Kier molecular flexibility index (Phi) is 6.32. The molecule has 0 fully saturated rings. The van der Waals surface area contributed by atoms with Gasteiger partial charge in [0.2, 0.25) is 0 Å². The summed E-state index contributed by atoms with van der Waals surface area (Å²) in [6, 6.07) is 8.51.